The molecule has 0 radical (unpaired) electrons. The fraction of sp³-hybridized carbons (Fsp3) is 0.562. The van der Waals surface area contributed by atoms with Crippen molar-refractivity contribution in [1.29, 1.82) is 0 Å². The first-order chi connectivity index (χ1) is 8.78. The minimum Gasteiger partial charge on any atom is -0.389 e. The molecule has 0 aliphatic rings. The van der Waals surface area contributed by atoms with Crippen LogP contribution in [0.2, 0.25) is 0 Å². The van der Waals surface area contributed by atoms with Crippen molar-refractivity contribution in [3.63, 3.8) is 0 Å². The van der Waals surface area contributed by atoms with Crippen molar-refractivity contribution < 1.29 is 9.90 Å². The van der Waals surface area contributed by atoms with Gasteiger partial charge in [-0.25, -0.2) is 0 Å². The van der Waals surface area contributed by atoms with Crippen LogP contribution in [0.1, 0.15) is 39.7 Å². The first-order valence-electron chi connectivity index (χ1n) is 6.82. The van der Waals surface area contributed by atoms with E-state index in [9.17, 15) is 9.90 Å². The largest absolute Gasteiger partial charge is 0.389 e. The third-order valence-corrected chi connectivity index (χ3v) is 2.73. The molecule has 1 amide bonds. The topological polar surface area (TPSA) is 40.5 Å². The molecular formula is C16H25NO2. The Morgan fingerprint density at radius 1 is 1.26 bits per heavy atom. The van der Waals surface area contributed by atoms with Crippen molar-refractivity contribution in [3.05, 3.63) is 35.9 Å². The summed E-state index contributed by atoms with van der Waals surface area (Å²) in [5.74, 6) is 0.425. The van der Waals surface area contributed by atoms with E-state index < -0.39 is 5.60 Å². The van der Waals surface area contributed by atoms with Gasteiger partial charge in [0.15, 0.2) is 0 Å². The van der Waals surface area contributed by atoms with Gasteiger partial charge in [-0.05, 0) is 25.3 Å². The van der Waals surface area contributed by atoms with E-state index >= 15 is 0 Å². The van der Waals surface area contributed by atoms with Crippen LogP contribution in [-0.2, 0) is 11.3 Å². The molecule has 0 aliphatic carbocycles. The molecule has 1 aromatic carbocycles. The molecule has 1 aromatic rings. The summed E-state index contributed by atoms with van der Waals surface area (Å²) < 4.78 is 0. The second-order valence-corrected chi connectivity index (χ2v) is 6.15. The van der Waals surface area contributed by atoms with Crippen molar-refractivity contribution in [2.24, 2.45) is 5.92 Å². The molecular weight excluding hydrogens is 238 g/mol. The zero-order valence-corrected chi connectivity index (χ0v) is 12.4. The highest BCUT2D eigenvalue weighted by molar-refractivity contribution is 5.76. The standard InChI is InChI=1S/C16H25NO2/c1-13(2)10-15(18)17(12-16(3,4)19)11-14-8-6-5-7-9-14/h5-9,13,19H,10-12H2,1-4H3. The maximum absolute atomic E-state index is 12.3. The van der Waals surface area contributed by atoms with Crippen molar-refractivity contribution >= 4 is 5.91 Å². The number of benzene rings is 1. The highest BCUT2D eigenvalue weighted by atomic mass is 16.3. The zero-order valence-electron chi connectivity index (χ0n) is 12.4. The number of nitrogens with zero attached hydrogens (tertiary/aromatic N) is 1. The molecule has 0 spiro atoms. The smallest absolute Gasteiger partial charge is 0.223 e. The lowest BCUT2D eigenvalue weighted by atomic mass is 10.1. The van der Waals surface area contributed by atoms with Gasteiger partial charge in [0.05, 0.1) is 5.60 Å². The summed E-state index contributed by atoms with van der Waals surface area (Å²) in [6, 6.07) is 9.88. The molecule has 19 heavy (non-hydrogen) atoms. The summed E-state index contributed by atoms with van der Waals surface area (Å²) in [7, 11) is 0. The lowest BCUT2D eigenvalue weighted by Crippen LogP contribution is -2.42. The van der Waals surface area contributed by atoms with Gasteiger partial charge in [-0.15, -0.1) is 0 Å². The highest BCUT2D eigenvalue weighted by Gasteiger charge is 2.23. The van der Waals surface area contributed by atoms with Crippen LogP contribution < -0.4 is 0 Å². The predicted molar refractivity (Wildman–Crippen MR) is 77.6 cm³/mol. The summed E-state index contributed by atoms with van der Waals surface area (Å²) in [5.41, 5.74) is 0.213. The van der Waals surface area contributed by atoms with Crippen LogP contribution in [0.15, 0.2) is 30.3 Å². The number of carbonyl (C=O) groups is 1. The normalized spacial score (nSPS) is 11.7. The second-order valence-electron chi connectivity index (χ2n) is 6.15. The second kappa shape index (κ2) is 6.71. The van der Waals surface area contributed by atoms with Gasteiger partial charge in [-0.3, -0.25) is 4.79 Å². The van der Waals surface area contributed by atoms with Crippen LogP contribution in [0.25, 0.3) is 0 Å². The van der Waals surface area contributed by atoms with Crippen molar-refractivity contribution in [1.82, 2.24) is 4.90 Å². The van der Waals surface area contributed by atoms with Crippen molar-refractivity contribution in [2.45, 2.75) is 46.3 Å². The van der Waals surface area contributed by atoms with Crippen LogP contribution in [-0.4, -0.2) is 28.1 Å². The molecule has 0 saturated heterocycles. The average Bonchev–Trinajstić information content (AvgIpc) is 2.26. The molecule has 0 fully saturated rings. The predicted octanol–water partition coefficient (Wildman–Crippen LogP) is 2.83. The molecule has 0 heterocycles. The summed E-state index contributed by atoms with van der Waals surface area (Å²) in [6.07, 6.45) is 0.517. The number of aliphatic hydroxyl groups is 1. The van der Waals surface area contributed by atoms with Gasteiger partial charge in [0.1, 0.15) is 0 Å². The summed E-state index contributed by atoms with van der Waals surface area (Å²) in [4.78, 5) is 14.0. The maximum atomic E-state index is 12.3. The molecule has 3 heteroatoms. The molecule has 0 aromatic heterocycles. The SMILES string of the molecule is CC(C)CC(=O)N(Cc1ccccc1)CC(C)(C)O. The molecule has 1 N–H and O–H groups in total. The fourth-order valence-electron chi connectivity index (χ4n) is 1.98. The van der Waals surface area contributed by atoms with E-state index in [-0.39, 0.29) is 5.91 Å². The Hall–Kier alpha value is -1.35. The van der Waals surface area contributed by atoms with Crippen LogP contribution in [0.4, 0.5) is 0 Å². The Balaban J connectivity index is 2.77. The summed E-state index contributed by atoms with van der Waals surface area (Å²) in [6.45, 7) is 8.43. The van der Waals surface area contributed by atoms with Gasteiger partial charge >= 0.3 is 0 Å². The van der Waals surface area contributed by atoms with Gasteiger partial charge in [-0.1, -0.05) is 44.2 Å². The first-order valence-corrected chi connectivity index (χ1v) is 6.82. The van der Waals surface area contributed by atoms with Crippen molar-refractivity contribution in [2.75, 3.05) is 6.54 Å². The van der Waals surface area contributed by atoms with Crippen LogP contribution in [0, 0.1) is 5.92 Å². The average molecular weight is 263 g/mol. The molecule has 0 saturated carbocycles. The molecule has 0 aliphatic heterocycles. The lowest BCUT2D eigenvalue weighted by molar-refractivity contribution is -0.135. The van der Waals surface area contributed by atoms with Crippen LogP contribution >= 0.6 is 0 Å². The number of hydrogen-bond donors (Lipinski definition) is 1. The number of rotatable bonds is 6. The Labute approximate surface area is 116 Å². The monoisotopic (exact) mass is 263 g/mol. The zero-order chi connectivity index (χ0) is 14.5. The third kappa shape index (κ3) is 6.39. The Kier molecular flexibility index (Phi) is 5.55. The maximum Gasteiger partial charge on any atom is 0.223 e. The van der Waals surface area contributed by atoms with Crippen molar-refractivity contribution in [3.8, 4) is 0 Å². The molecule has 0 atom stereocenters. The molecule has 0 unspecified atom stereocenters. The van der Waals surface area contributed by atoms with Crippen LogP contribution in [0.5, 0.6) is 0 Å². The van der Waals surface area contributed by atoms with Gasteiger partial charge in [-0.2, -0.15) is 0 Å². The number of carbonyl (C=O) groups excluding carboxylic acids is 1. The first kappa shape index (κ1) is 15.7. The minimum atomic E-state index is -0.874. The highest BCUT2D eigenvalue weighted by Crippen LogP contribution is 2.13. The van der Waals surface area contributed by atoms with Gasteiger partial charge < -0.3 is 10.0 Å². The lowest BCUT2D eigenvalue weighted by Gasteiger charge is -2.30. The van der Waals surface area contributed by atoms with Gasteiger partial charge in [0.2, 0.25) is 5.91 Å². The van der Waals surface area contributed by atoms with E-state index in [2.05, 4.69) is 0 Å². The Bertz CT molecular complexity index is 393. The van der Waals surface area contributed by atoms with Gasteiger partial charge in [0.25, 0.3) is 0 Å². The fourth-order valence-corrected chi connectivity index (χ4v) is 1.98. The molecule has 3 nitrogen and oxygen atoms in total. The minimum absolute atomic E-state index is 0.0981. The number of hydrogen-bond acceptors (Lipinski definition) is 2. The Morgan fingerprint density at radius 2 is 1.84 bits per heavy atom. The van der Waals surface area contributed by atoms with E-state index in [1.165, 1.54) is 0 Å². The third-order valence-electron chi connectivity index (χ3n) is 2.73. The van der Waals surface area contributed by atoms with E-state index in [0.717, 1.165) is 5.56 Å². The molecule has 0 bridgehead atoms. The molecule has 1 rings (SSSR count). The van der Waals surface area contributed by atoms with E-state index in [4.69, 9.17) is 0 Å². The van der Waals surface area contributed by atoms with Crippen LogP contribution in [0.3, 0.4) is 0 Å². The number of amides is 1. The summed E-state index contributed by atoms with van der Waals surface area (Å²) >= 11 is 0. The molecule has 106 valence electrons. The van der Waals surface area contributed by atoms with Gasteiger partial charge in [0, 0.05) is 19.5 Å². The van der Waals surface area contributed by atoms with E-state index in [1.807, 2.05) is 44.2 Å². The van der Waals surface area contributed by atoms with E-state index in [0.29, 0.717) is 25.4 Å². The Morgan fingerprint density at radius 3 is 2.32 bits per heavy atom. The quantitative estimate of drug-likeness (QED) is 0.857. The summed E-state index contributed by atoms with van der Waals surface area (Å²) in [5, 5.41) is 9.96. The van der Waals surface area contributed by atoms with E-state index in [1.54, 1.807) is 18.7 Å².